The molecule has 1 saturated heterocycles. The van der Waals surface area contributed by atoms with Crippen LogP contribution in [-0.4, -0.2) is 34.3 Å². The molecule has 1 atom stereocenters. The Labute approximate surface area is 200 Å². The lowest BCUT2D eigenvalue weighted by molar-refractivity contribution is -0.117. The van der Waals surface area contributed by atoms with Crippen molar-refractivity contribution in [2.75, 3.05) is 22.5 Å². The van der Waals surface area contributed by atoms with E-state index in [4.69, 9.17) is 11.6 Å². The third-order valence-electron chi connectivity index (χ3n) is 5.23. The van der Waals surface area contributed by atoms with Crippen molar-refractivity contribution in [3.05, 3.63) is 69.7 Å². The number of carbonyl (C=O) groups is 2. The lowest BCUT2D eigenvalue weighted by Gasteiger charge is -2.16. The van der Waals surface area contributed by atoms with Crippen LogP contribution in [0.15, 0.2) is 48.5 Å². The van der Waals surface area contributed by atoms with Gasteiger partial charge in [0.25, 0.3) is 0 Å². The van der Waals surface area contributed by atoms with E-state index in [1.54, 1.807) is 4.90 Å². The summed E-state index contributed by atoms with van der Waals surface area (Å²) in [5.41, 5.74) is 3.27. The number of halogens is 1. The highest BCUT2D eigenvalue weighted by Crippen LogP contribution is 2.34. The smallest absolute Gasteiger partial charge is 0.236 e. The van der Waals surface area contributed by atoms with Crippen LogP contribution >= 0.6 is 34.7 Å². The van der Waals surface area contributed by atoms with Crippen LogP contribution in [0, 0.1) is 0 Å². The number of carbonyl (C=O) groups excluding carboxylic acids is 2. The number of nitrogens with zero attached hydrogens (tertiary/aromatic N) is 3. The zero-order valence-corrected chi connectivity index (χ0v) is 20.0. The number of anilines is 2. The first kappa shape index (κ1) is 22.8. The molecule has 1 N–H and O–H groups in total. The van der Waals surface area contributed by atoms with E-state index < -0.39 is 0 Å². The van der Waals surface area contributed by atoms with Gasteiger partial charge >= 0.3 is 0 Å². The molecule has 6 nitrogen and oxygen atoms in total. The quantitative estimate of drug-likeness (QED) is 0.476. The van der Waals surface area contributed by atoms with Gasteiger partial charge in [0.2, 0.25) is 16.9 Å². The molecule has 0 spiro atoms. The van der Waals surface area contributed by atoms with E-state index in [9.17, 15) is 9.59 Å². The summed E-state index contributed by atoms with van der Waals surface area (Å²) < 4.78 is 0. The van der Waals surface area contributed by atoms with Crippen LogP contribution in [0.3, 0.4) is 0 Å². The summed E-state index contributed by atoms with van der Waals surface area (Å²) in [7, 11) is 0. The number of benzene rings is 2. The second kappa shape index (κ2) is 10.5. The van der Waals surface area contributed by atoms with Gasteiger partial charge in [-0.05, 0) is 41.8 Å². The number of thioether (sulfide) groups is 1. The van der Waals surface area contributed by atoms with Crippen LogP contribution in [0.4, 0.5) is 10.8 Å². The highest BCUT2D eigenvalue weighted by Gasteiger charge is 2.34. The number of hydrogen-bond donors (Lipinski definition) is 1. The number of nitrogens with one attached hydrogen (secondary N) is 1. The normalized spacial score (nSPS) is 15.9. The highest BCUT2D eigenvalue weighted by atomic mass is 35.5. The van der Waals surface area contributed by atoms with Crippen LogP contribution in [0.1, 0.15) is 35.4 Å². The number of aromatic nitrogens is 2. The Morgan fingerprint density at radius 3 is 2.59 bits per heavy atom. The van der Waals surface area contributed by atoms with Gasteiger partial charge < -0.3 is 4.90 Å². The predicted octanol–water partition coefficient (Wildman–Crippen LogP) is 5.15. The number of rotatable bonds is 8. The molecule has 2 heterocycles. The van der Waals surface area contributed by atoms with E-state index in [-0.39, 0.29) is 17.7 Å². The first-order valence-electron chi connectivity index (χ1n) is 10.4. The maximum atomic E-state index is 12.6. The highest BCUT2D eigenvalue weighted by molar-refractivity contribution is 7.99. The maximum absolute atomic E-state index is 12.6. The van der Waals surface area contributed by atoms with Crippen LogP contribution in [0.2, 0.25) is 5.02 Å². The van der Waals surface area contributed by atoms with Gasteiger partial charge in [0.05, 0.1) is 5.75 Å². The summed E-state index contributed by atoms with van der Waals surface area (Å²) >= 11 is 8.75. The van der Waals surface area contributed by atoms with Crippen molar-refractivity contribution < 1.29 is 9.59 Å². The second-order valence-electron chi connectivity index (χ2n) is 7.54. The average molecular weight is 487 g/mol. The molecule has 2 aromatic carbocycles. The molecule has 32 heavy (non-hydrogen) atoms. The molecule has 1 aliphatic rings. The van der Waals surface area contributed by atoms with Crippen molar-refractivity contribution in [2.45, 2.75) is 31.4 Å². The minimum absolute atomic E-state index is 0.0178. The monoisotopic (exact) mass is 486 g/mol. The zero-order chi connectivity index (χ0) is 22.5. The standard InChI is InChI=1S/C23H23ClN4O2S2/c1-2-15-5-9-19(10-6-15)28-12-17(11-21(28)30)22-26-27-23(32-22)25-20(29)14-31-13-16-3-7-18(24)8-4-16/h3-10,17H,2,11-14H2,1H3,(H,25,27,29). The Balaban J connectivity index is 1.28. The molecule has 3 aromatic rings. The van der Waals surface area contributed by atoms with Gasteiger partial charge in [-0.3, -0.25) is 14.9 Å². The van der Waals surface area contributed by atoms with Crippen LogP contribution in [0.25, 0.3) is 0 Å². The molecular weight excluding hydrogens is 464 g/mol. The Morgan fingerprint density at radius 1 is 1.16 bits per heavy atom. The topological polar surface area (TPSA) is 75.2 Å². The van der Waals surface area contributed by atoms with Gasteiger partial charge in [-0.2, -0.15) is 0 Å². The zero-order valence-electron chi connectivity index (χ0n) is 17.6. The fraction of sp³-hybridized carbons (Fsp3) is 0.304. The summed E-state index contributed by atoms with van der Waals surface area (Å²) in [5, 5.41) is 13.1. The van der Waals surface area contributed by atoms with E-state index in [1.807, 2.05) is 36.4 Å². The fourth-order valence-electron chi connectivity index (χ4n) is 3.48. The molecular formula is C23H23ClN4O2S2. The minimum atomic E-state index is -0.119. The number of amides is 2. The average Bonchev–Trinajstić information content (AvgIpc) is 3.41. The molecule has 4 rings (SSSR count). The van der Waals surface area contributed by atoms with Gasteiger partial charge in [-0.25, -0.2) is 0 Å². The molecule has 2 amide bonds. The molecule has 0 aliphatic carbocycles. The Hall–Kier alpha value is -2.42. The molecule has 1 aromatic heterocycles. The van der Waals surface area contributed by atoms with Gasteiger partial charge in [-0.1, -0.05) is 54.1 Å². The molecule has 1 unspecified atom stereocenters. The fourth-order valence-corrected chi connectivity index (χ4v) is 5.25. The third kappa shape index (κ3) is 5.68. The van der Waals surface area contributed by atoms with Crippen molar-refractivity contribution in [3.8, 4) is 0 Å². The molecule has 0 bridgehead atoms. The van der Waals surface area contributed by atoms with Crippen molar-refractivity contribution in [1.82, 2.24) is 10.2 Å². The lowest BCUT2D eigenvalue weighted by Crippen LogP contribution is -2.24. The van der Waals surface area contributed by atoms with Crippen molar-refractivity contribution in [2.24, 2.45) is 0 Å². The molecule has 1 aliphatic heterocycles. The maximum Gasteiger partial charge on any atom is 0.236 e. The van der Waals surface area contributed by atoms with Gasteiger partial charge in [0.15, 0.2) is 0 Å². The first-order chi connectivity index (χ1) is 15.5. The van der Waals surface area contributed by atoms with Crippen molar-refractivity contribution in [1.29, 1.82) is 0 Å². The largest absolute Gasteiger partial charge is 0.312 e. The van der Waals surface area contributed by atoms with Crippen molar-refractivity contribution in [3.63, 3.8) is 0 Å². The van der Waals surface area contributed by atoms with Gasteiger partial charge in [0.1, 0.15) is 5.01 Å². The third-order valence-corrected chi connectivity index (χ3v) is 7.49. The lowest BCUT2D eigenvalue weighted by atomic mass is 10.1. The second-order valence-corrected chi connectivity index (χ2v) is 9.97. The molecule has 166 valence electrons. The summed E-state index contributed by atoms with van der Waals surface area (Å²) in [5.74, 6) is 0.993. The number of hydrogen-bond acceptors (Lipinski definition) is 6. The summed E-state index contributed by atoms with van der Waals surface area (Å²) in [6, 6.07) is 15.7. The Kier molecular flexibility index (Phi) is 7.44. The summed E-state index contributed by atoms with van der Waals surface area (Å²) in [4.78, 5) is 26.6. The molecule has 0 saturated carbocycles. The van der Waals surface area contributed by atoms with Gasteiger partial charge in [0, 0.05) is 35.3 Å². The summed E-state index contributed by atoms with van der Waals surface area (Å²) in [6.45, 7) is 2.68. The van der Waals surface area contributed by atoms with Crippen LogP contribution in [-0.2, 0) is 21.8 Å². The SMILES string of the molecule is CCc1ccc(N2CC(c3nnc(NC(=O)CSCc4ccc(Cl)cc4)s3)CC2=O)cc1. The van der Waals surface area contributed by atoms with Crippen LogP contribution in [0.5, 0.6) is 0 Å². The minimum Gasteiger partial charge on any atom is -0.312 e. The molecule has 1 fully saturated rings. The van der Waals surface area contributed by atoms with E-state index in [0.717, 1.165) is 28.4 Å². The van der Waals surface area contributed by atoms with E-state index in [1.165, 1.54) is 28.7 Å². The van der Waals surface area contributed by atoms with E-state index in [2.05, 4.69) is 34.6 Å². The number of aryl methyl sites for hydroxylation is 1. The predicted molar refractivity (Wildman–Crippen MR) is 132 cm³/mol. The molecule has 0 radical (unpaired) electrons. The molecule has 9 heteroatoms. The Morgan fingerprint density at radius 2 is 1.88 bits per heavy atom. The van der Waals surface area contributed by atoms with Crippen molar-refractivity contribution >= 4 is 57.3 Å². The van der Waals surface area contributed by atoms with Gasteiger partial charge in [-0.15, -0.1) is 22.0 Å². The van der Waals surface area contributed by atoms with E-state index >= 15 is 0 Å². The van der Waals surface area contributed by atoms with Crippen LogP contribution < -0.4 is 10.2 Å². The first-order valence-corrected chi connectivity index (χ1v) is 12.7. The van der Waals surface area contributed by atoms with E-state index in [0.29, 0.717) is 28.9 Å². The summed E-state index contributed by atoms with van der Waals surface area (Å²) in [6.07, 6.45) is 1.37. The Bertz CT molecular complexity index is 1090.